The van der Waals surface area contributed by atoms with E-state index in [9.17, 15) is 4.79 Å². The molecule has 1 heterocycles. The molecule has 0 radical (unpaired) electrons. The van der Waals surface area contributed by atoms with Crippen molar-refractivity contribution < 1.29 is 13.9 Å². The Balaban J connectivity index is 1.52. The molecule has 0 aliphatic carbocycles. The summed E-state index contributed by atoms with van der Waals surface area (Å²) in [4.78, 5) is 12.0. The standard InChI is InChI=1S/C19H15ClN2O3/c20-16-7-3-14(4-8-16)13-25-17-9-5-15(6-10-17)19(23)22-21-12-18-2-1-11-24-18/h1-12H,13H2,(H,22,23)/b21-12-. The van der Waals surface area contributed by atoms with Crippen LogP contribution in [-0.2, 0) is 6.61 Å². The van der Waals surface area contributed by atoms with E-state index in [1.54, 1.807) is 36.4 Å². The first kappa shape index (κ1) is 16.8. The first-order valence-corrected chi connectivity index (χ1v) is 7.93. The number of amides is 1. The van der Waals surface area contributed by atoms with Gasteiger partial charge in [-0.2, -0.15) is 5.10 Å². The highest BCUT2D eigenvalue weighted by Crippen LogP contribution is 2.15. The molecule has 3 rings (SSSR count). The van der Waals surface area contributed by atoms with E-state index in [-0.39, 0.29) is 5.91 Å². The Morgan fingerprint density at radius 3 is 2.56 bits per heavy atom. The van der Waals surface area contributed by atoms with Crippen LogP contribution in [0.2, 0.25) is 5.02 Å². The lowest BCUT2D eigenvalue weighted by Crippen LogP contribution is -2.17. The molecule has 0 saturated carbocycles. The van der Waals surface area contributed by atoms with Crippen LogP contribution in [0.3, 0.4) is 0 Å². The van der Waals surface area contributed by atoms with Gasteiger partial charge in [0.1, 0.15) is 18.1 Å². The van der Waals surface area contributed by atoms with E-state index in [1.165, 1.54) is 12.5 Å². The van der Waals surface area contributed by atoms with Gasteiger partial charge in [0.05, 0.1) is 12.5 Å². The quantitative estimate of drug-likeness (QED) is 0.531. The van der Waals surface area contributed by atoms with Crippen LogP contribution in [0.5, 0.6) is 5.75 Å². The summed E-state index contributed by atoms with van der Waals surface area (Å²) in [6, 6.07) is 17.7. The van der Waals surface area contributed by atoms with E-state index in [0.717, 1.165) is 5.56 Å². The molecule has 126 valence electrons. The first-order chi connectivity index (χ1) is 12.2. The lowest BCUT2D eigenvalue weighted by atomic mass is 10.2. The predicted octanol–water partition coefficient (Wildman–Crippen LogP) is 4.28. The number of hydrazone groups is 1. The second-order valence-electron chi connectivity index (χ2n) is 5.15. The summed E-state index contributed by atoms with van der Waals surface area (Å²) in [5.41, 5.74) is 3.93. The maximum Gasteiger partial charge on any atom is 0.271 e. The molecular formula is C19H15ClN2O3. The molecule has 25 heavy (non-hydrogen) atoms. The van der Waals surface area contributed by atoms with Gasteiger partial charge in [0.2, 0.25) is 0 Å². The number of nitrogens with one attached hydrogen (secondary N) is 1. The Bertz CT molecular complexity index is 841. The number of hydrogen-bond acceptors (Lipinski definition) is 4. The molecule has 0 saturated heterocycles. The Hall–Kier alpha value is -3.05. The number of nitrogens with zero attached hydrogens (tertiary/aromatic N) is 1. The van der Waals surface area contributed by atoms with Crippen molar-refractivity contribution in [1.29, 1.82) is 0 Å². The minimum Gasteiger partial charge on any atom is -0.489 e. The SMILES string of the molecule is O=C(N/N=C\c1ccco1)c1ccc(OCc2ccc(Cl)cc2)cc1. The molecule has 1 N–H and O–H groups in total. The van der Waals surface area contributed by atoms with E-state index in [1.807, 2.05) is 24.3 Å². The summed E-state index contributed by atoms with van der Waals surface area (Å²) in [6.45, 7) is 0.427. The fraction of sp³-hybridized carbons (Fsp3) is 0.0526. The van der Waals surface area contributed by atoms with E-state index in [4.69, 9.17) is 20.8 Å². The molecule has 1 amide bonds. The van der Waals surface area contributed by atoms with Crippen molar-refractivity contribution in [3.05, 3.63) is 88.8 Å². The molecule has 6 heteroatoms. The molecule has 3 aromatic rings. The van der Waals surface area contributed by atoms with Gasteiger partial charge in [0.25, 0.3) is 5.91 Å². The second kappa shape index (κ2) is 8.17. The van der Waals surface area contributed by atoms with E-state index >= 15 is 0 Å². The van der Waals surface area contributed by atoms with Crippen LogP contribution in [0.4, 0.5) is 0 Å². The van der Waals surface area contributed by atoms with Gasteiger partial charge in [0, 0.05) is 10.6 Å². The largest absolute Gasteiger partial charge is 0.489 e. The molecular weight excluding hydrogens is 340 g/mol. The third-order valence-corrected chi connectivity index (χ3v) is 3.59. The summed E-state index contributed by atoms with van der Waals surface area (Å²) in [6.07, 6.45) is 2.97. The summed E-state index contributed by atoms with van der Waals surface area (Å²) < 4.78 is 10.8. The minimum atomic E-state index is -0.313. The third-order valence-electron chi connectivity index (χ3n) is 3.34. The monoisotopic (exact) mass is 354 g/mol. The summed E-state index contributed by atoms with van der Waals surface area (Å²) in [5, 5.41) is 4.52. The summed E-state index contributed by atoms with van der Waals surface area (Å²) in [7, 11) is 0. The Labute approximate surface area is 149 Å². The number of benzene rings is 2. The average molecular weight is 355 g/mol. The summed E-state index contributed by atoms with van der Waals surface area (Å²) in [5.74, 6) is 0.920. The van der Waals surface area contributed by atoms with Gasteiger partial charge in [-0.1, -0.05) is 23.7 Å². The molecule has 0 bridgehead atoms. The average Bonchev–Trinajstić information content (AvgIpc) is 3.15. The summed E-state index contributed by atoms with van der Waals surface area (Å²) >= 11 is 5.85. The van der Waals surface area contributed by atoms with Crippen LogP contribution in [0.15, 0.2) is 76.4 Å². The number of furan rings is 1. The molecule has 0 atom stereocenters. The first-order valence-electron chi connectivity index (χ1n) is 7.55. The highest BCUT2D eigenvalue weighted by Gasteiger charge is 2.04. The van der Waals surface area contributed by atoms with E-state index in [2.05, 4.69) is 10.5 Å². The van der Waals surface area contributed by atoms with E-state index in [0.29, 0.717) is 28.7 Å². The smallest absolute Gasteiger partial charge is 0.271 e. The van der Waals surface area contributed by atoms with Crippen LogP contribution >= 0.6 is 11.6 Å². The molecule has 1 aromatic heterocycles. The number of carbonyl (C=O) groups excluding carboxylic acids is 1. The lowest BCUT2D eigenvalue weighted by Gasteiger charge is -2.07. The molecule has 2 aromatic carbocycles. The third kappa shape index (κ3) is 4.96. The molecule has 0 aliphatic heterocycles. The van der Waals surface area contributed by atoms with Gasteiger partial charge in [-0.3, -0.25) is 4.79 Å². The van der Waals surface area contributed by atoms with Crippen molar-refractivity contribution in [3.8, 4) is 5.75 Å². The highest BCUT2D eigenvalue weighted by molar-refractivity contribution is 6.30. The second-order valence-corrected chi connectivity index (χ2v) is 5.59. The molecule has 0 spiro atoms. The number of hydrogen-bond donors (Lipinski definition) is 1. The zero-order chi connectivity index (χ0) is 17.5. The number of rotatable bonds is 6. The Morgan fingerprint density at radius 2 is 1.88 bits per heavy atom. The molecule has 0 fully saturated rings. The predicted molar refractivity (Wildman–Crippen MR) is 96.0 cm³/mol. The fourth-order valence-electron chi connectivity index (χ4n) is 2.03. The maximum absolute atomic E-state index is 12.0. The highest BCUT2D eigenvalue weighted by atomic mass is 35.5. The molecule has 0 aliphatic rings. The number of carbonyl (C=O) groups is 1. The van der Waals surface area contributed by atoms with Crippen molar-refractivity contribution in [2.24, 2.45) is 5.10 Å². The van der Waals surface area contributed by atoms with Gasteiger partial charge < -0.3 is 9.15 Å². The zero-order valence-electron chi connectivity index (χ0n) is 13.2. The van der Waals surface area contributed by atoms with Crippen molar-refractivity contribution in [1.82, 2.24) is 5.43 Å². The topological polar surface area (TPSA) is 63.8 Å². The van der Waals surface area contributed by atoms with Gasteiger partial charge in [0.15, 0.2) is 0 Å². The normalized spacial score (nSPS) is 10.8. The molecule has 5 nitrogen and oxygen atoms in total. The van der Waals surface area contributed by atoms with Gasteiger partial charge in [-0.05, 0) is 54.1 Å². The van der Waals surface area contributed by atoms with Crippen LogP contribution in [0.1, 0.15) is 21.7 Å². The molecule has 0 unspecified atom stereocenters. The number of halogens is 1. The van der Waals surface area contributed by atoms with Gasteiger partial charge in [-0.25, -0.2) is 5.43 Å². The zero-order valence-corrected chi connectivity index (χ0v) is 13.9. The van der Waals surface area contributed by atoms with Crippen LogP contribution in [0, 0.1) is 0 Å². The number of ether oxygens (including phenoxy) is 1. The maximum atomic E-state index is 12.0. The van der Waals surface area contributed by atoms with Crippen molar-refractivity contribution in [3.63, 3.8) is 0 Å². The van der Waals surface area contributed by atoms with Gasteiger partial charge >= 0.3 is 0 Å². The van der Waals surface area contributed by atoms with Crippen LogP contribution < -0.4 is 10.2 Å². The van der Waals surface area contributed by atoms with Crippen molar-refractivity contribution in [2.75, 3.05) is 0 Å². The van der Waals surface area contributed by atoms with Crippen LogP contribution in [0.25, 0.3) is 0 Å². The van der Waals surface area contributed by atoms with Gasteiger partial charge in [-0.15, -0.1) is 0 Å². The fourth-order valence-corrected chi connectivity index (χ4v) is 2.16. The van der Waals surface area contributed by atoms with Crippen molar-refractivity contribution >= 4 is 23.7 Å². The van der Waals surface area contributed by atoms with Crippen molar-refractivity contribution in [2.45, 2.75) is 6.61 Å². The minimum absolute atomic E-state index is 0.313. The van der Waals surface area contributed by atoms with Crippen LogP contribution in [-0.4, -0.2) is 12.1 Å². The lowest BCUT2D eigenvalue weighted by molar-refractivity contribution is 0.0955. The Morgan fingerprint density at radius 1 is 1.12 bits per heavy atom. The Kier molecular flexibility index (Phi) is 5.49. The van der Waals surface area contributed by atoms with E-state index < -0.39 is 0 Å².